The second-order valence-electron chi connectivity index (χ2n) is 4.99. The van der Waals surface area contributed by atoms with Gasteiger partial charge in [-0.3, -0.25) is 9.00 Å². The average Bonchev–Trinajstić information content (AvgIpc) is 2.39. The molecule has 1 aromatic carbocycles. The molecule has 0 aromatic heterocycles. The van der Waals surface area contributed by atoms with Gasteiger partial charge in [0.25, 0.3) is 5.91 Å². The summed E-state index contributed by atoms with van der Waals surface area (Å²) in [6.07, 6.45) is 0. The van der Waals surface area contributed by atoms with Crippen LogP contribution in [0.25, 0.3) is 0 Å². The normalized spacial score (nSPS) is 27.4. The molecule has 0 saturated carbocycles. The maximum atomic E-state index is 12.5. The number of benzene rings is 1. The maximum absolute atomic E-state index is 12.5. The van der Waals surface area contributed by atoms with Crippen LogP contribution < -0.4 is 0 Å². The summed E-state index contributed by atoms with van der Waals surface area (Å²) in [6, 6.07) is 5.67. The Balaban J connectivity index is 2.24. The highest BCUT2D eigenvalue weighted by Gasteiger charge is 2.33. The number of carbonyl (C=O) groups is 1. The van der Waals surface area contributed by atoms with Crippen molar-refractivity contribution in [2.45, 2.75) is 32.1 Å². The predicted molar refractivity (Wildman–Crippen MR) is 81.8 cm³/mol. The third-order valence-electron chi connectivity index (χ3n) is 3.80. The number of nitrogens with zero attached hydrogens (tertiary/aromatic N) is 1. The van der Waals surface area contributed by atoms with Gasteiger partial charge in [0.15, 0.2) is 0 Å². The Kier molecular flexibility index (Phi) is 4.46. The van der Waals surface area contributed by atoms with Crippen LogP contribution in [0.4, 0.5) is 0 Å². The van der Waals surface area contributed by atoms with E-state index in [2.05, 4.69) is 15.9 Å². The first-order chi connectivity index (χ1) is 8.91. The van der Waals surface area contributed by atoms with E-state index in [4.69, 9.17) is 0 Å². The van der Waals surface area contributed by atoms with E-state index in [0.29, 0.717) is 17.9 Å². The van der Waals surface area contributed by atoms with E-state index in [-0.39, 0.29) is 17.2 Å². The quantitative estimate of drug-likeness (QED) is 0.786. The van der Waals surface area contributed by atoms with Crippen LogP contribution in [0.1, 0.15) is 29.8 Å². The molecule has 1 heterocycles. The van der Waals surface area contributed by atoms with Gasteiger partial charge in [0.2, 0.25) is 0 Å². The molecule has 0 spiro atoms. The van der Waals surface area contributed by atoms with Gasteiger partial charge in [-0.2, -0.15) is 0 Å². The molecule has 0 unspecified atom stereocenters. The fourth-order valence-corrected chi connectivity index (χ4v) is 3.94. The highest BCUT2D eigenvalue weighted by molar-refractivity contribution is 9.10. The number of halogens is 1. The van der Waals surface area contributed by atoms with E-state index in [1.807, 2.05) is 43.9 Å². The minimum absolute atomic E-state index is 0.0159. The number of hydrogen-bond donors (Lipinski definition) is 0. The second kappa shape index (κ2) is 5.75. The highest BCUT2D eigenvalue weighted by Crippen LogP contribution is 2.22. The summed E-state index contributed by atoms with van der Waals surface area (Å²) in [4.78, 5) is 14.4. The van der Waals surface area contributed by atoms with E-state index in [1.54, 1.807) is 0 Å². The molecule has 1 aliphatic rings. The van der Waals surface area contributed by atoms with Crippen LogP contribution >= 0.6 is 15.9 Å². The first-order valence-corrected chi connectivity index (χ1v) is 8.53. The van der Waals surface area contributed by atoms with Crippen molar-refractivity contribution in [3.63, 3.8) is 0 Å². The molecule has 104 valence electrons. The summed E-state index contributed by atoms with van der Waals surface area (Å²) < 4.78 is 12.7. The average molecular weight is 344 g/mol. The lowest BCUT2D eigenvalue weighted by Gasteiger charge is -2.37. The Morgan fingerprint density at radius 2 is 2.11 bits per heavy atom. The van der Waals surface area contributed by atoms with Crippen molar-refractivity contribution in [2.24, 2.45) is 0 Å². The summed E-state index contributed by atoms with van der Waals surface area (Å²) in [5.41, 5.74) is 1.79. The minimum Gasteiger partial charge on any atom is -0.334 e. The maximum Gasteiger partial charge on any atom is 0.254 e. The molecule has 3 atom stereocenters. The minimum atomic E-state index is -0.820. The number of carbonyl (C=O) groups excluding carboxylic acids is 1. The fourth-order valence-electron chi connectivity index (χ4n) is 2.23. The zero-order valence-electron chi connectivity index (χ0n) is 11.4. The Bertz CT molecular complexity index is 532. The van der Waals surface area contributed by atoms with E-state index in [9.17, 15) is 9.00 Å². The number of aryl methyl sites for hydroxylation is 1. The van der Waals surface area contributed by atoms with Crippen LogP contribution in [0, 0.1) is 6.92 Å². The summed E-state index contributed by atoms with van der Waals surface area (Å²) in [6.45, 7) is 6.49. The van der Waals surface area contributed by atoms with E-state index >= 15 is 0 Å². The molecule has 0 aliphatic carbocycles. The third kappa shape index (κ3) is 2.92. The van der Waals surface area contributed by atoms with Gasteiger partial charge in [0, 0.05) is 39.2 Å². The van der Waals surface area contributed by atoms with Crippen molar-refractivity contribution < 1.29 is 9.00 Å². The zero-order valence-corrected chi connectivity index (χ0v) is 13.8. The third-order valence-corrected chi connectivity index (χ3v) is 6.46. The smallest absolute Gasteiger partial charge is 0.254 e. The van der Waals surface area contributed by atoms with E-state index in [1.165, 1.54) is 0 Å². The molecular weight excluding hydrogens is 326 g/mol. The van der Waals surface area contributed by atoms with Crippen LogP contribution in [0.3, 0.4) is 0 Å². The Labute approximate surface area is 125 Å². The Hall–Kier alpha value is -0.680. The van der Waals surface area contributed by atoms with Gasteiger partial charge in [-0.15, -0.1) is 0 Å². The molecule has 1 saturated heterocycles. The lowest BCUT2D eigenvalue weighted by Crippen LogP contribution is -2.52. The van der Waals surface area contributed by atoms with Gasteiger partial charge in [0.05, 0.1) is 5.25 Å². The van der Waals surface area contributed by atoms with Gasteiger partial charge >= 0.3 is 0 Å². The molecule has 3 nitrogen and oxygen atoms in total. The summed E-state index contributed by atoms with van der Waals surface area (Å²) >= 11 is 3.46. The number of rotatable bonds is 1. The lowest BCUT2D eigenvalue weighted by atomic mass is 10.1. The molecule has 1 fully saturated rings. The van der Waals surface area contributed by atoms with E-state index in [0.717, 1.165) is 10.0 Å². The van der Waals surface area contributed by atoms with E-state index < -0.39 is 10.8 Å². The SMILES string of the molecule is Cc1ccc(C(=O)N2CC[S@](=O)[C@H](C)[C@H]2C)cc1Br. The van der Waals surface area contributed by atoms with Crippen molar-refractivity contribution in [1.29, 1.82) is 0 Å². The fraction of sp³-hybridized carbons (Fsp3) is 0.500. The van der Waals surface area contributed by atoms with Crippen molar-refractivity contribution >= 4 is 32.6 Å². The molecule has 5 heteroatoms. The van der Waals surface area contributed by atoms with Gasteiger partial charge in [-0.1, -0.05) is 22.0 Å². The molecule has 19 heavy (non-hydrogen) atoms. The topological polar surface area (TPSA) is 37.4 Å². The van der Waals surface area contributed by atoms with Crippen LogP contribution in [-0.2, 0) is 10.8 Å². The summed E-state index contributed by atoms with van der Waals surface area (Å²) in [5, 5.41) is 0.0339. The molecular formula is C14H18BrNO2S. The van der Waals surface area contributed by atoms with Crippen LogP contribution in [-0.4, -0.2) is 38.6 Å². The van der Waals surface area contributed by atoms with Crippen LogP contribution in [0.15, 0.2) is 22.7 Å². The summed E-state index contributed by atoms with van der Waals surface area (Å²) in [5.74, 6) is 0.598. The molecule has 2 rings (SSSR count). The molecule has 0 radical (unpaired) electrons. The Morgan fingerprint density at radius 3 is 2.74 bits per heavy atom. The predicted octanol–water partition coefficient (Wildman–Crippen LogP) is 2.74. The van der Waals surface area contributed by atoms with Crippen molar-refractivity contribution in [3.05, 3.63) is 33.8 Å². The van der Waals surface area contributed by atoms with Gasteiger partial charge < -0.3 is 4.90 Å². The van der Waals surface area contributed by atoms with Crippen LogP contribution in [0.5, 0.6) is 0 Å². The Morgan fingerprint density at radius 1 is 1.42 bits per heavy atom. The van der Waals surface area contributed by atoms with Gasteiger partial charge in [-0.25, -0.2) is 0 Å². The monoisotopic (exact) mass is 343 g/mol. The highest BCUT2D eigenvalue weighted by atomic mass is 79.9. The van der Waals surface area contributed by atoms with Crippen molar-refractivity contribution in [1.82, 2.24) is 4.90 Å². The second-order valence-corrected chi connectivity index (χ2v) is 7.76. The first-order valence-electron chi connectivity index (χ1n) is 6.36. The molecule has 1 aromatic rings. The molecule has 1 amide bonds. The molecule has 1 aliphatic heterocycles. The van der Waals surface area contributed by atoms with Crippen molar-refractivity contribution in [3.8, 4) is 0 Å². The lowest BCUT2D eigenvalue weighted by molar-refractivity contribution is 0.0695. The first kappa shape index (κ1) is 14.7. The van der Waals surface area contributed by atoms with Gasteiger partial charge in [0.1, 0.15) is 0 Å². The molecule has 0 N–H and O–H groups in total. The number of hydrogen-bond acceptors (Lipinski definition) is 2. The molecule has 0 bridgehead atoms. The number of amides is 1. The summed E-state index contributed by atoms with van der Waals surface area (Å²) in [7, 11) is -0.820. The van der Waals surface area contributed by atoms with Gasteiger partial charge in [-0.05, 0) is 38.5 Å². The van der Waals surface area contributed by atoms with Crippen LogP contribution in [0.2, 0.25) is 0 Å². The standard InChI is InChI=1S/C14H18BrNO2S/c1-9-4-5-12(8-13(9)15)14(17)16-6-7-19(18)11(3)10(16)2/h4-5,8,10-11H,6-7H2,1-3H3/t10-,11-,19+/m1/s1. The zero-order chi connectivity index (χ0) is 14.2. The largest absolute Gasteiger partial charge is 0.334 e. The van der Waals surface area contributed by atoms with Crippen molar-refractivity contribution in [2.75, 3.05) is 12.3 Å².